The largest absolute Gasteiger partial charge is 0.478 e. The lowest BCUT2D eigenvalue weighted by Gasteiger charge is -2.11. The summed E-state index contributed by atoms with van der Waals surface area (Å²) < 4.78 is 0. The maximum Gasteiger partial charge on any atom is 0.331 e. The predicted octanol–water partition coefficient (Wildman–Crippen LogP) is 1.80. The summed E-state index contributed by atoms with van der Waals surface area (Å²) in [5.74, 6) is -0.836. The van der Waals surface area contributed by atoms with Crippen LogP contribution in [0, 0.1) is 0 Å². The van der Waals surface area contributed by atoms with Crippen molar-refractivity contribution in [3.05, 3.63) is 11.6 Å². The Balaban J connectivity index is 4.09. The number of likely N-dealkylation sites (N-methyl/N-ethyl adjacent to an activating group) is 1. The Labute approximate surface area is 79.8 Å². The van der Waals surface area contributed by atoms with Crippen LogP contribution >= 0.6 is 0 Å². The summed E-state index contributed by atoms with van der Waals surface area (Å²) in [6.45, 7) is 3.75. The molecule has 0 saturated heterocycles. The van der Waals surface area contributed by atoms with Crippen LogP contribution < -0.4 is 5.32 Å². The third-order valence-electron chi connectivity index (χ3n) is 2.03. The van der Waals surface area contributed by atoms with Gasteiger partial charge >= 0.3 is 5.97 Å². The molecule has 13 heavy (non-hydrogen) atoms. The molecule has 0 amide bonds. The van der Waals surface area contributed by atoms with E-state index >= 15 is 0 Å². The van der Waals surface area contributed by atoms with Gasteiger partial charge in [0.1, 0.15) is 0 Å². The van der Waals surface area contributed by atoms with Crippen LogP contribution in [-0.4, -0.2) is 24.2 Å². The summed E-state index contributed by atoms with van der Waals surface area (Å²) in [4.78, 5) is 10.5. The van der Waals surface area contributed by atoms with Crippen molar-refractivity contribution in [1.82, 2.24) is 5.32 Å². The summed E-state index contributed by atoms with van der Waals surface area (Å²) in [5.41, 5.74) is 0.412. The molecule has 3 heteroatoms. The molecular weight excluding hydrogens is 166 g/mol. The van der Waals surface area contributed by atoms with Gasteiger partial charge in [0.2, 0.25) is 0 Å². The Morgan fingerprint density at radius 3 is 2.62 bits per heavy atom. The average Bonchev–Trinajstić information content (AvgIpc) is 2.11. The van der Waals surface area contributed by atoms with E-state index < -0.39 is 5.97 Å². The maximum atomic E-state index is 10.5. The lowest BCUT2D eigenvalue weighted by Crippen LogP contribution is -2.23. The number of carboxylic acids is 1. The van der Waals surface area contributed by atoms with Crippen LogP contribution in [0.25, 0.3) is 0 Å². The molecule has 0 spiro atoms. The molecule has 0 aliphatic heterocycles. The average molecular weight is 185 g/mol. The first-order valence-corrected chi connectivity index (χ1v) is 4.70. The standard InChI is InChI=1S/C10H19NO2/c1-4-5-6-9(11-3)7-8(2)10(12)13/h7,9,11H,4-6H2,1-3H3,(H,12,13)/b8-7+/t9-/m0/s1. The second-order valence-corrected chi connectivity index (χ2v) is 3.19. The third-order valence-corrected chi connectivity index (χ3v) is 2.03. The number of rotatable bonds is 6. The highest BCUT2D eigenvalue weighted by molar-refractivity contribution is 5.85. The van der Waals surface area contributed by atoms with E-state index in [1.807, 2.05) is 7.05 Å². The third kappa shape index (κ3) is 5.42. The molecule has 0 saturated carbocycles. The van der Waals surface area contributed by atoms with Crippen molar-refractivity contribution in [3.63, 3.8) is 0 Å². The molecule has 0 aromatic carbocycles. The number of hydrogen-bond acceptors (Lipinski definition) is 2. The molecule has 0 rings (SSSR count). The second kappa shape index (κ2) is 6.66. The Bertz CT molecular complexity index is 187. The molecular formula is C10H19NO2. The number of carbonyl (C=O) groups is 1. The monoisotopic (exact) mass is 185 g/mol. The minimum absolute atomic E-state index is 0.191. The highest BCUT2D eigenvalue weighted by atomic mass is 16.4. The van der Waals surface area contributed by atoms with Gasteiger partial charge in [0.05, 0.1) is 0 Å². The molecule has 3 nitrogen and oxygen atoms in total. The van der Waals surface area contributed by atoms with Gasteiger partial charge < -0.3 is 10.4 Å². The lowest BCUT2D eigenvalue weighted by molar-refractivity contribution is -0.132. The van der Waals surface area contributed by atoms with Crippen molar-refractivity contribution >= 4 is 5.97 Å². The number of carboxylic acid groups (broad SMARTS) is 1. The number of aliphatic carboxylic acids is 1. The molecule has 0 aromatic rings. The summed E-state index contributed by atoms with van der Waals surface area (Å²) in [5, 5.41) is 11.7. The fourth-order valence-electron chi connectivity index (χ4n) is 1.11. The summed E-state index contributed by atoms with van der Waals surface area (Å²) in [7, 11) is 1.85. The van der Waals surface area contributed by atoms with E-state index in [1.54, 1.807) is 13.0 Å². The van der Waals surface area contributed by atoms with Crippen LogP contribution in [0.3, 0.4) is 0 Å². The van der Waals surface area contributed by atoms with E-state index in [0.717, 1.165) is 19.3 Å². The summed E-state index contributed by atoms with van der Waals surface area (Å²) >= 11 is 0. The second-order valence-electron chi connectivity index (χ2n) is 3.19. The van der Waals surface area contributed by atoms with Crippen molar-refractivity contribution in [3.8, 4) is 0 Å². The fraction of sp³-hybridized carbons (Fsp3) is 0.700. The van der Waals surface area contributed by atoms with Crippen molar-refractivity contribution in [2.75, 3.05) is 7.05 Å². The van der Waals surface area contributed by atoms with Crippen LogP contribution in [0.5, 0.6) is 0 Å². The highest BCUT2D eigenvalue weighted by Crippen LogP contribution is 2.04. The van der Waals surface area contributed by atoms with E-state index in [9.17, 15) is 4.79 Å². The fourth-order valence-corrected chi connectivity index (χ4v) is 1.11. The summed E-state index contributed by atoms with van der Waals surface area (Å²) in [6.07, 6.45) is 5.03. The van der Waals surface area contributed by atoms with Crippen molar-refractivity contribution in [2.45, 2.75) is 39.2 Å². The van der Waals surface area contributed by atoms with Crippen molar-refractivity contribution in [1.29, 1.82) is 0 Å². The molecule has 0 aromatic heterocycles. The van der Waals surface area contributed by atoms with Crippen LogP contribution in [0.2, 0.25) is 0 Å². The zero-order valence-corrected chi connectivity index (χ0v) is 8.63. The van der Waals surface area contributed by atoms with E-state index in [2.05, 4.69) is 12.2 Å². The predicted molar refractivity (Wildman–Crippen MR) is 53.8 cm³/mol. The summed E-state index contributed by atoms with van der Waals surface area (Å²) in [6, 6.07) is 0.191. The molecule has 1 atom stereocenters. The molecule has 0 heterocycles. The molecule has 76 valence electrons. The zero-order chi connectivity index (χ0) is 10.3. The SMILES string of the molecule is CCCC[C@@H](/C=C(\C)C(=O)O)NC. The van der Waals surface area contributed by atoms with Gasteiger partial charge in [-0.15, -0.1) is 0 Å². The molecule has 2 N–H and O–H groups in total. The number of nitrogens with one attached hydrogen (secondary N) is 1. The van der Waals surface area contributed by atoms with Crippen LogP contribution in [0.15, 0.2) is 11.6 Å². The topological polar surface area (TPSA) is 49.3 Å². The minimum Gasteiger partial charge on any atom is -0.478 e. The molecule has 0 aliphatic rings. The normalized spacial score (nSPS) is 14.2. The van der Waals surface area contributed by atoms with E-state index in [4.69, 9.17) is 5.11 Å². The van der Waals surface area contributed by atoms with Gasteiger partial charge in [0.15, 0.2) is 0 Å². The van der Waals surface area contributed by atoms with E-state index in [-0.39, 0.29) is 6.04 Å². The first-order chi connectivity index (χ1) is 6.11. The van der Waals surface area contributed by atoms with Crippen LogP contribution in [0.4, 0.5) is 0 Å². The Morgan fingerprint density at radius 1 is 1.62 bits per heavy atom. The molecule has 0 radical (unpaired) electrons. The Hall–Kier alpha value is -0.830. The molecule has 0 fully saturated rings. The first-order valence-electron chi connectivity index (χ1n) is 4.70. The van der Waals surface area contributed by atoms with Crippen molar-refractivity contribution in [2.24, 2.45) is 0 Å². The van der Waals surface area contributed by atoms with E-state index in [0.29, 0.717) is 5.57 Å². The van der Waals surface area contributed by atoms with Gasteiger partial charge in [-0.2, -0.15) is 0 Å². The molecule has 0 aliphatic carbocycles. The van der Waals surface area contributed by atoms with Gasteiger partial charge in [0, 0.05) is 11.6 Å². The Morgan fingerprint density at radius 2 is 2.23 bits per heavy atom. The maximum absolute atomic E-state index is 10.5. The van der Waals surface area contributed by atoms with Crippen LogP contribution in [-0.2, 0) is 4.79 Å². The van der Waals surface area contributed by atoms with Crippen LogP contribution in [0.1, 0.15) is 33.1 Å². The Kier molecular flexibility index (Phi) is 6.24. The molecule has 0 unspecified atom stereocenters. The van der Waals surface area contributed by atoms with Gasteiger partial charge in [-0.05, 0) is 20.4 Å². The first kappa shape index (κ1) is 12.2. The van der Waals surface area contributed by atoms with Crippen molar-refractivity contribution < 1.29 is 9.90 Å². The van der Waals surface area contributed by atoms with Gasteiger partial charge in [0.25, 0.3) is 0 Å². The quantitative estimate of drug-likeness (QED) is 0.620. The lowest BCUT2D eigenvalue weighted by atomic mass is 10.1. The number of unbranched alkanes of at least 4 members (excludes halogenated alkanes) is 1. The minimum atomic E-state index is -0.836. The van der Waals surface area contributed by atoms with Gasteiger partial charge in [-0.1, -0.05) is 25.8 Å². The smallest absolute Gasteiger partial charge is 0.331 e. The van der Waals surface area contributed by atoms with E-state index in [1.165, 1.54) is 0 Å². The van der Waals surface area contributed by atoms with Gasteiger partial charge in [-0.3, -0.25) is 0 Å². The molecule has 0 bridgehead atoms. The highest BCUT2D eigenvalue weighted by Gasteiger charge is 2.05. The zero-order valence-electron chi connectivity index (χ0n) is 8.63. The van der Waals surface area contributed by atoms with Gasteiger partial charge in [-0.25, -0.2) is 4.79 Å². The number of hydrogen-bond donors (Lipinski definition) is 2.